The predicted octanol–water partition coefficient (Wildman–Crippen LogP) is 7.15. The molecule has 1 saturated heterocycles. The largest absolute Gasteiger partial charge is 0.339 e. The zero-order valence-corrected chi connectivity index (χ0v) is 22.0. The third-order valence-electron chi connectivity index (χ3n) is 6.26. The number of ketones is 1. The second-order valence-electron chi connectivity index (χ2n) is 8.38. The predicted molar refractivity (Wildman–Crippen MR) is 144 cm³/mol. The van der Waals surface area contributed by atoms with Crippen molar-refractivity contribution in [2.24, 2.45) is 0 Å². The molecule has 4 aromatic rings. The van der Waals surface area contributed by atoms with Crippen molar-refractivity contribution in [1.29, 1.82) is 0 Å². The number of nitrogens with zero attached hydrogens (tertiary/aromatic N) is 2. The van der Waals surface area contributed by atoms with Gasteiger partial charge in [0.15, 0.2) is 17.4 Å². The molecule has 1 fully saturated rings. The summed E-state index contributed by atoms with van der Waals surface area (Å²) in [5, 5.41) is 6.42. The Kier molecular flexibility index (Phi) is 6.97. The molecular formula is C26H17Cl2F2N3O2S2. The molecule has 5 nitrogen and oxygen atoms in total. The molecular weight excluding hydrogens is 559 g/mol. The van der Waals surface area contributed by atoms with E-state index in [1.54, 1.807) is 48.5 Å². The van der Waals surface area contributed by atoms with Crippen LogP contribution in [0.3, 0.4) is 0 Å². The van der Waals surface area contributed by atoms with Crippen LogP contribution >= 0.6 is 47.4 Å². The molecule has 1 aliphatic rings. The Bertz CT molecular complexity index is 1520. The van der Waals surface area contributed by atoms with Crippen LogP contribution in [0.1, 0.15) is 29.2 Å². The zero-order valence-electron chi connectivity index (χ0n) is 18.8. The third kappa shape index (κ3) is 4.40. The van der Waals surface area contributed by atoms with Gasteiger partial charge < -0.3 is 5.32 Å². The normalized spacial score (nSPS) is 19.8. The van der Waals surface area contributed by atoms with Gasteiger partial charge in [0, 0.05) is 11.4 Å². The van der Waals surface area contributed by atoms with Crippen molar-refractivity contribution in [3.63, 3.8) is 0 Å². The lowest BCUT2D eigenvalue weighted by molar-refractivity contribution is -0.142. The summed E-state index contributed by atoms with van der Waals surface area (Å²) in [4.78, 5) is 31.9. The molecule has 2 aromatic heterocycles. The minimum atomic E-state index is -1.33. The van der Waals surface area contributed by atoms with Gasteiger partial charge >= 0.3 is 0 Å². The zero-order chi connectivity index (χ0) is 26.3. The van der Waals surface area contributed by atoms with E-state index in [9.17, 15) is 18.4 Å². The Morgan fingerprint density at radius 3 is 2.57 bits per heavy atom. The Hall–Kier alpha value is -2.98. The van der Waals surface area contributed by atoms with Crippen molar-refractivity contribution < 1.29 is 18.4 Å². The molecule has 0 saturated carbocycles. The molecule has 0 radical (unpaired) electrons. The molecule has 1 amide bonds. The molecule has 5 rings (SSSR count). The van der Waals surface area contributed by atoms with Crippen molar-refractivity contribution in [2.45, 2.75) is 17.9 Å². The number of nitrogens with one attached hydrogen (secondary N) is 1. The maximum Gasteiger partial charge on any atom is 0.248 e. The number of amides is 1. The number of carbonyl (C=O) groups is 2. The maximum absolute atomic E-state index is 14.0. The van der Waals surface area contributed by atoms with Crippen LogP contribution in [-0.2, 0) is 15.1 Å². The molecule has 0 spiro atoms. The Balaban J connectivity index is 1.59. The number of Topliss-reactive ketones (excluding diaryl/α,β-unsaturated/α-hetero) is 1. The summed E-state index contributed by atoms with van der Waals surface area (Å²) in [5.41, 5.74) is 0.191. The number of rotatable bonds is 5. The molecule has 1 N–H and O–H groups in total. The van der Waals surface area contributed by atoms with Crippen LogP contribution in [0.2, 0.25) is 10.0 Å². The van der Waals surface area contributed by atoms with E-state index in [1.807, 2.05) is 10.8 Å². The summed E-state index contributed by atoms with van der Waals surface area (Å²) < 4.78 is 28.7. The van der Waals surface area contributed by atoms with Gasteiger partial charge in [0.2, 0.25) is 5.91 Å². The molecule has 11 heteroatoms. The van der Waals surface area contributed by atoms with Gasteiger partial charge in [-0.25, -0.2) is 13.8 Å². The van der Waals surface area contributed by atoms with E-state index in [-0.39, 0.29) is 23.7 Å². The van der Waals surface area contributed by atoms with E-state index >= 15 is 0 Å². The van der Waals surface area contributed by atoms with Gasteiger partial charge in [0.25, 0.3) is 0 Å². The van der Waals surface area contributed by atoms with Crippen molar-refractivity contribution in [3.05, 3.63) is 110 Å². The van der Waals surface area contributed by atoms with E-state index in [1.165, 1.54) is 21.7 Å². The van der Waals surface area contributed by atoms with E-state index in [4.69, 9.17) is 23.2 Å². The highest BCUT2D eigenvalue weighted by Gasteiger charge is 2.53. The molecule has 3 heterocycles. The van der Waals surface area contributed by atoms with Crippen LogP contribution in [0.4, 0.5) is 20.3 Å². The summed E-state index contributed by atoms with van der Waals surface area (Å²) >= 11 is 18.3. The van der Waals surface area contributed by atoms with Gasteiger partial charge in [0.05, 0.1) is 11.4 Å². The van der Waals surface area contributed by atoms with Crippen LogP contribution in [0.5, 0.6) is 0 Å². The van der Waals surface area contributed by atoms with E-state index < -0.39 is 34.0 Å². The summed E-state index contributed by atoms with van der Waals surface area (Å²) in [6.07, 6.45) is -0.114. The molecule has 188 valence electrons. The first-order chi connectivity index (χ1) is 17.7. The topological polar surface area (TPSA) is 62.3 Å². The van der Waals surface area contributed by atoms with Gasteiger partial charge in [-0.2, -0.15) is 11.3 Å². The van der Waals surface area contributed by atoms with Gasteiger partial charge in [0.1, 0.15) is 22.3 Å². The summed E-state index contributed by atoms with van der Waals surface area (Å²) in [6, 6.07) is 15.7. The van der Waals surface area contributed by atoms with Crippen molar-refractivity contribution >= 4 is 70.5 Å². The average Bonchev–Trinajstić information content (AvgIpc) is 3.43. The highest BCUT2D eigenvalue weighted by atomic mass is 35.5. The lowest BCUT2D eigenvalue weighted by atomic mass is 9.75. The number of hydrogen-bond acceptors (Lipinski definition) is 6. The number of anilines is 2. The molecule has 2 atom stereocenters. The number of halogens is 4. The Labute approximate surface area is 230 Å². The van der Waals surface area contributed by atoms with Crippen LogP contribution in [0.15, 0.2) is 71.4 Å². The summed E-state index contributed by atoms with van der Waals surface area (Å²) in [6.45, 7) is 0. The minimum absolute atomic E-state index is 0.104. The Morgan fingerprint density at radius 2 is 1.84 bits per heavy atom. The summed E-state index contributed by atoms with van der Waals surface area (Å²) in [7, 11) is 0. The fourth-order valence-electron chi connectivity index (χ4n) is 4.46. The highest BCUT2D eigenvalue weighted by molar-refractivity contribution is 7.78. The molecule has 2 aromatic carbocycles. The number of piperidine rings is 1. The smallest absolute Gasteiger partial charge is 0.248 e. The van der Waals surface area contributed by atoms with Crippen molar-refractivity contribution in [3.8, 4) is 0 Å². The number of thiol groups is 1. The third-order valence-corrected chi connectivity index (χ3v) is 8.19. The van der Waals surface area contributed by atoms with Crippen LogP contribution in [0, 0.1) is 11.6 Å². The second kappa shape index (κ2) is 10.1. The Morgan fingerprint density at radius 1 is 1.05 bits per heavy atom. The van der Waals surface area contributed by atoms with Crippen LogP contribution in [-0.4, -0.2) is 21.0 Å². The lowest BCUT2D eigenvalue weighted by Crippen LogP contribution is -2.54. The van der Waals surface area contributed by atoms with Crippen molar-refractivity contribution in [1.82, 2.24) is 9.29 Å². The van der Waals surface area contributed by atoms with Gasteiger partial charge in [-0.3, -0.25) is 13.9 Å². The number of aromatic nitrogens is 1. The fraction of sp³-hybridized carbons (Fsp3) is 0.115. The maximum atomic E-state index is 14.0. The number of hydrogen-bond donors (Lipinski definition) is 2. The SMILES string of the molecule is O=C1CC(c2ccsc2)(c2cccc(Nc3ccc(F)c(F)c3Cl)n2)N(S)C(=O)C1c1ccccc1Cl. The van der Waals surface area contributed by atoms with Gasteiger partial charge in [-0.1, -0.05) is 60.3 Å². The average molecular weight is 576 g/mol. The molecule has 0 bridgehead atoms. The first-order valence-electron chi connectivity index (χ1n) is 10.9. The number of pyridine rings is 1. The minimum Gasteiger partial charge on any atom is -0.339 e. The first kappa shape index (κ1) is 25.7. The molecule has 1 aliphatic heterocycles. The number of carbonyl (C=O) groups excluding carboxylic acids is 2. The lowest BCUT2D eigenvalue weighted by Gasteiger charge is -2.45. The van der Waals surface area contributed by atoms with Crippen molar-refractivity contribution in [2.75, 3.05) is 5.32 Å². The van der Waals surface area contributed by atoms with E-state index in [0.717, 1.165) is 6.07 Å². The summed E-state index contributed by atoms with van der Waals surface area (Å²) in [5.74, 6) is -4.00. The molecule has 37 heavy (non-hydrogen) atoms. The van der Waals surface area contributed by atoms with Crippen LogP contribution < -0.4 is 5.32 Å². The van der Waals surface area contributed by atoms with E-state index in [0.29, 0.717) is 21.8 Å². The molecule has 2 unspecified atom stereocenters. The molecule has 0 aliphatic carbocycles. The van der Waals surface area contributed by atoms with Gasteiger partial charge in [-0.05, 0) is 58.3 Å². The number of thiophene rings is 1. The van der Waals surface area contributed by atoms with Gasteiger partial charge in [-0.15, -0.1) is 0 Å². The second-order valence-corrected chi connectivity index (χ2v) is 10.3. The fourth-order valence-corrected chi connectivity index (χ4v) is 6.03. The standard InChI is InChI=1S/C26H17Cl2F2N3O2S2/c27-16-5-2-1-4-15(16)22-19(34)12-26(33(36)25(22)35,14-10-11-37-13-14)20-6-3-7-21(32-20)31-18-9-8-17(29)24(30)23(18)28/h1-11,13,22,36H,12H2,(H,31,32). The van der Waals surface area contributed by atoms with Crippen LogP contribution in [0.25, 0.3) is 0 Å². The quantitative estimate of drug-likeness (QED) is 0.151. The highest BCUT2D eigenvalue weighted by Crippen LogP contribution is 2.48. The number of benzene rings is 2. The van der Waals surface area contributed by atoms with E-state index in [2.05, 4.69) is 23.1 Å². The monoisotopic (exact) mass is 575 g/mol. The first-order valence-corrected chi connectivity index (χ1v) is 13.0.